The van der Waals surface area contributed by atoms with Gasteiger partial charge in [0.2, 0.25) is 0 Å². The lowest BCUT2D eigenvalue weighted by atomic mass is 10.2. The van der Waals surface area contributed by atoms with Crippen LogP contribution in [0.5, 0.6) is 5.75 Å². The summed E-state index contributed by atoms with van der Waals surface area (Å²) in [6.45, 7) is 5.81. The highest BCUT2D eigenvalue weighted by Crippen LogP contribution is 2.13. The summed E-state index contributed by atoms with van der Waals surface area (Å²) in [5.41, 5.74) is 6.06. The highest BCUT2D eigenvalue weighted by Gasteiger charge is 2.01. The van der Waals surface area contributed by atoms with Crippen LogP contribution in [0.2, 0.25) is 0 Å². The lowest BCUT2D eigenvalue weighted by molar-refractivity contribution is -0.119. The molecule has 0 spiro atoms. The molecular formula is C18H31IN4O4. The van der Waals surface area contributed by atoms with E-state index in [0.717, 1.165) is 31.0 Å². The van der Waals surface area contributed by atoms with Gasteiger partial charge in [-0.3, -0.25) is 4.79 Å². The number of aliphatic imine (C=N–C) groups is 1. The van der Waals surface area contributed by atoms with Crippen molar-refractivity contribution in [2.24, 2.45) is 10.7 Å². The minimum atomic E-state index is -0.502. The average molecular weight is 494 g/mol. The number of rotatable bonds is 13. The summed E-state index contributed by atoms with van der Waals surface area (Å²) in [5.74, 6) is 0.841. The van der Waals surface area contributed by atoms with Gasteiger partial charge in [-0.15, -0.1) is 24.0 Å². The smallest absolute Gasteiger partial charge is 0.255 e. The van der Waals surface area contributed by atoms with Crippen LogP contribution in [0.25, 0.3) is 0 Å². The molecule has 1 aromatic rings. The molecule has 1 rings (SSSR count). The third-order valence-electron chi connectivity index (χ3n) is 3.23. The fourth-order valence-corrected chi connectivity index (χ4v) is 2.03. The van der Waals surface area contributed by atoms with Gasteiger partial charge in [0.1, 0.15) is 5.75 Å². The molecule has 4 N–H and O–H groups in total. The van der Waals surface area contributed by atoms with Crippen LogP contribution in [0.15, 0.2) is 29.3 Å². The molecule has 8 nitrogen and oxygen atoms in total. The summed E-state index contributed by atoms with van der Waals surface area (Å²) >= 11 is 0. The zero-order valence-corrected chi connectivity index (χ0v) is 18.4. The molecule has 0 heterocycles. The van der Waals surface area contributed by atoms with Crippen molar-refractivity contribution >= 4 is 35.8 Å². The quantitative estimate of drug-likeness (QED) is 0.165. The van der Waals surface area contributed by atoms with E-state index < -0.39 is 5.91 Å². The summed E-state index contributed by atoms with van der Waals surface area (Å²) < 4.78 is 15.7. The average Bonchev–Trinajstić information content (AvgIpc) is 2.64. The van der Waals surface area contributed by atoms with Crippen molar-refractivity contribution in [3.05, 3.63) is 29.8 Å². The van der Waals surface area contributed by atoms with Gasteiger partial charge in [-0.05, 0) is 31.0 Å². The number of hydrogen-bond acceptors (Lipinski definition) is 5. The molecule has 154 valence electrons. The lowest BCUT2D eigenvalue weighted by Crippen LogP contribution is -2.38. The minimum Gasteiger partial charge on any atom is -0.484 e. The van der Waals surface area contributed by atoms with Gasteiger partial charge in [-0.2, -0.15) is 0 Å². The van der Waals surface area contributed by atoms with Crippen LogP contribution in [0.1, 0.15) is 18.9 Å². The largest absolute Gasteiger partial charge is 0.484 e. The van der Waals surface area contributed by atoms with Crippen molar-refractivity contribution in [1.82, 2.24) is 10.6 Å². The van der Waals surface area contributed by atoms with E-state index in [2.05, 4.69) is 15.6 Å². The van der Waals surface area contributed by atoms with Crippen LogP contribution in [0, 0.1) is 0 Å². The Morgan fingerprint density at radius 2 is 2.04 bits per heavy atom. The number of nitrogens with zero attached hydrogens (tertiary/aromatic N) is 1. The Morgan fingerprint density at radius 3 is 2.74 bits per heavy atom. The van der Waals surface area contributed by atoms with Crippen LogP contribution < -0.4 is 21.1 Å². The Kier molecular flexibility index (Phi) is 15.6. The number of halogens is 1. The molecule has 0 aliphatic rings. The number of carbonyl (C=O) groups is 1. The number of amides is 1. The first-order valence-electron chi connectivity index (χ1n) is 8.74. The van der Waals surface area contributed by atoms with Gasteiger partial charge in [0, 0.05) is 26.8 Å². The third kappa shape index (κ3) is 13.3. The summed E-state index contributed by atoms with van der Waals surface area (Å²) in [6, 6.07) is 7.44. The van der Waals surface area contributed by atoms with Crippen LogP contribution in [0.3, 0.4) is 0 Å². The number of primary amides is 1. The minimum absolute atomic E-state index is 0. The van der Waals surface area contributed by atoms with Gasteiger partial charge >= 0.3 is 0 Å². The van der Waals surface area contributed by atoms with Gasteiger partial charge in [-0.1, -0.05) is 12.1 Å². The van der Waals surface area contributed by atoms with Crippen LogP contribution in [-0.4, -0.2) is 58.5 Å². The zero-order chi connectivity index (χ0) is 19.0. The van der Waals surface area contributed by atoms with E-state index in [-0.39, 0.29) is 30.6 Å². The zero-order valence-electron chi connectivity index (χ0n) is 16.0. The van der Waals surface area contributed by atoms with Crippen LogP contribution in [-0.2, 0) is 20.8 Å². The maximum Gasteiger partial charge on any atom is 0.255 e. The number of hydrogen-bond donors (Lipinski definition) is 3. The number of nitrogens with one attached hydrogen (secondary N) is 2. The molecule has 0 aliphatic carbocycles. The summed E-state index contributed by atoms with van der Waals surface area (Å²) in [4.78, 5) is 15.3. The topological polar surface area (TPSA) is 107 Å². The normalized spacial score (nSPS) is 10.8. The molecule has 0 radical (unpaired) electrons. The highest BCUT2D eigenvalue weighted by atomic mass is 127. The van der Waals surface area contributed by atoms with Crippen molar-refractivity contribution in [2.75, 3.05) is 46.6 Å². The monoisotopic (exact) mass is 494 g/mol. The fourth-order valence-electron chi connectivity index (χ4n) is 2.03. The molecule has 9 heteroatoms. The second-order valence-corrected chi connectivity index (χ2v) is 5.48. The van der Waals surface area contributed by atoms with E-state index in [1.807, 2.05) is 25.1 Å². The van der Waals surface area contributed by atoms with Crippen molar-refractivity contribution in [1.29, 1.82) is 0 Å². The van der Waals surface area contributed by atoms with Crippen molar-refractivity contribution in [3.8, 4) is 5.75 Å². The molecule has 1 aromatic carbocycles. The summed E-state index contributed by atoms with van der Waals surface area (Å²) in [5, 5.41) is 6.48. The molecule has 0 aromatic heterocycles. The molecule has 0 saturated carbocycles. The van der Waals surface area contributed by atoms with Crippen molar-refractivity contribution in [2.45, 2.75) is 19.9 Å². The lowest BCUT2D eigenvalue weighted by Gasteiger charge is -2.11. The molecule has 0 unspecified atom stereocenters. The molecular weight excluding hydrogens is 463 g/mol. The number of nitrogens with two attached hydrogens (primary N) is 1. The first-order valence-corrected chi connectivity index (χ1v) is 8.74. The standard InChI is InChI=1S/C18H30N4O4.HI/c1-3-20-18(21-8-5-9-25-11-10-24-2)22-13-15-6-4-7-16(12-15)26-14-17(19)23;/h4,6-7,12H,3,5,8-11,13-14H2,1-2H3,(H2,19,23)(H2,20,21,22);1H. The predicted molar refractivity (Wildman–Crippen MR) is 117 cm³/mol. The van der Waals surface area contributed by atoms with Gasteiger partial charge < -0.3 is 30.6 Å². The van der Waals surface area contributed by atoms with E-state index in [1.54, 1.807) is 13.2 Å². The molecule has 0 bridgehead atoms. The Labute approximate surface area is 178 Å². The molecule has 0 saturated heterocycles. The molecule has 0 aliphatic heterocycles. The first kappa shape index (κ1) is 25.4. The summed E-state index contributed by atoms with van der Waals surface area (Å²) in [7, 11) is 1.66. The Hall–Kier alpha value is -1.59. The van der Waals surface area contributed by atoms with Crippen LogP contribution in [0.4, 0.5) is 0 Å². The van der Waals surface area contributed by atoms with E-state index in [0.29, 0.717) is 32.1 Å². The third-order valence-corrected chi connectivity index (χ3v) is 3.23. The van der Waals surface area contributed by atoms with Gasteiger partial charge in [-0.25, -0.2) is 4.99 Å². The number of guanidine groups is 1. The molecule has 0 fully saturated rings. The van der Waals surface area contributed by atoms with E-state index in [1.165, 1.54) is 0 Å². The Bertz CT molecular complexity index is 558. The van der Waals surface area contributed by atoms with Gasteiger partial charge in [0.05, 0.1) is 19.8 Å². The van der Waals surface area contributed by atoms with E-state index in [4.69, 9.17) is 19.9 Å². The highest BCUT2D eigenvalue weighted by molar-refractivity contribution is 14.0. The second kappa shape index (κ2) is 16.6. The fraction of sp³-hybridized carbons (Fsp3) is 0.556. The van der Waals surface area contributed by atoms with Crippen molar-refractivity contribution in [3.63, 3.8) is 0 Å². The van der Waals surface area contributed by atoms with Gasteiger partial charge in [0.25, 0.3) is 5.91 Å². The maximum atomic E-state index is 10.8. The molecule has 27 heavy (non-hydrogen) atoms. The molecule has 0 atom stereocenters. The number of methoxy groups -OCH3 is 1. The van der Waals surface area contributed by atoms with Crippen LogP contribution >= 0.6 is 24.0 Å². The SMILES string of the molecule is CCNC(=NCc1cccc(OCC(N)=O)c1)NCCCOCCOC.I. The van der Waals surface area contributed by atoms with E-state index in [9.17, 15) is 4.79 Å². The molecule has 1 amide bonds. The first-order chi connectivity index (χ1) is 12.7. The number of ether oxygens (including phenoxy) is 3. The predicted octanol–water partition coefficient (Wildman–Crippen LogP) is 1.28. The van der Waals surface area contributed by atoms with E-state index >= 15 is 0 Å². The summed E-state index contributed by atoms with van der Waals surface area (Å²) in [6.07, 6.45) is 0.880. The Balaban J connectivity index is 0.00000676. The Morgan fingerprint density at radius 1 is 1.22 bits per heavy atom. The number of benzene rings is 1. The second-order valence-electron chi connectivity index (χ2n) is 5.48. The van der Waals surface area contributed by atoms with Crippen molar-refractivity contribution < 1.29 is 19.0 Å². The van der Waals surface area contributed by atoms with Gasteiger partial charge in [0.15, 0.2) is 12.6 Å². The number of carbonyl (C=O) groups excluding carboxylic acids is 1. The maximum absolute atomic E-state index is 10.8.